The molecular formula is C10H22N4O2. The molecule has 1 fully saturated rings. The molecule has 1 aliphatic heterocycles. The van der Waals surface area contributed by atoms with Crippen LogP contribution in [0.3, 0.4) is 0 Å². The third-order valence-corrected chi connectivity index (χ3v) is 2.72. The first-order valence-electron chi connectivity index (χ1n) is 5.56. The van der Waals surface area contributed by atoms with Crippen LogP contribution in [-0.4, -0.2) is 45.0 Å². The van der Waals surface area contributed by atoms with Crippen molar-refractivity contribution in [3.05, 3.63) is 0 Å². The molecule has 4 N–H and O–H groups in total. The van der Waals surface area contributed by atoms with Crippen LogP contribution in [0.2, 0.25) is 0 Å². The van der Waals surface area contributed by atoms with Crippen LogP contribution >= 0.6 is 0 Å². The zero-order chi connectivity index (χ0) is 11.9. The SMILES string of the molecule is COCCN=C(NN)NC1(C)CCOCC1. The Bertz CT molecular complexity index is 227. The molecule has 0 saturated carbocycles. The van der Waals surface area contributed by atoms with Crippen LogP contribution in [0, 0.1) is 0 Å². The average Bonchev–Trinajstić information content (AvgIpc) is 2.29. The number of nitrogens with zero attached hydrogens (tertiary/aromatic N) is 1. The topological polar surface area (TPSA) is 80.9 Å². The number of aliphatic imine (C=N–C) groups is 1. The van der Waals surface area contributed by atoms with Crippen molar-refractivity contribution < 1.29 is 9.47 Å². The van der Waals surface area contributed by atoms with E-state index in [4.69, 9.17) is 15.3 Å². The Labute approximate surface area is 96.6 Å². The van der Waals surface area contributed by atoms with Gasteiger partial charge in [0.1, 0.15) is 0 Å². The minimum atomic E-state index is 0.0104. The maximum Gasteiger partial charge on any atom is 0.206 e. The molecule has 0 radical (unpaired) electrons. The van der Waals surface area contributed by atoms with Crippen molar-refractivity contribution in [3.63, 3.8) is 0 Å². The Morgan fingerprint density at radius 3 is 2.75 bits per heavy atom. The Hall–Kier alpha value is -0.850. The first-order valence-corrected chi connectivity index (χ1v) is 5.56. The minimum Gasteiger partial charge on any atom is -0.383 e. The molecular weight excluding hydrogens is 208 g/mol. The lowest BCUT2D eigenvalue weighted by Crippen LogP contribution is -2.55. The van der Waals surface area contributed by atoms with Crippen LogP contribution in [0.4, 0.5) is 0 Å². The van der Waals surface area contributed by atoms with Crippen LogP contribution < -0.4 is 16.6 Å². The molecule has 0 aliphatic carbocycles. The number of hydrazine groups is 1. The Morgan fingerprint density at radius 1 is 1.50 bits per heavy atom. The summed E-state index contributed by atoms with van der Waals surface area (Å²) >= 11 is 0. The molecule has 94 valence electrons. The largest absolute Gasteiger partial charge is 0.383 e. The van der Waals surface area contributed by atoms with E-state index >= 15 is 0 Å². The Balaban J connectivity index is 2.44. The van der Waals surface area contributed by atoms with Crippen LogP contribution in [0.1, 0.15) is 19.8 Å². The fourth-order valence-corrected chi connectivity index (χ4v) is 1.60. The van der Waals surface area contributed by atoms with E-state index in [9.17, 15) is 0 Å². The van der Waals surface area contributed by atoms with Gasteiger partial charge in [0.05, 0.1) is 13.2 Å². The van der Waals surface area contributed by atoms with Gasteiger partial charge in [0.15, 0.2) is 0 Å². The second kappa shape index (κ2) is 6.67. The predicted molar refractivity (Wildman–Crippen MR) is 63.1 cm³/mol. The zero-order valence-electron chi connectivity index (χ0n) is 10.1. The van der Waals surface area contributed by atoms with E-state index in [1.165, 1.54) is 0 Å². The average molecular weight is 230 g/mol. The predicted octanol–water partition coefficient (Wildman–Crippen LogP) is -0.389. The van der Waals surface area contributed by atoms with Gasteiger partial charge in [0.25, 0.3) is 0 Å². The van der Waals surface area contributed by atoms with E-state index in [1.54, 1.807) is 7.11 Å². The van der Waals surface area contributed by atoms with Gasteiger partial charge in [-0.05, 0) is 19.8 Å². The van der Waals surface area contributed by atoms with E-state index in [-0.39, 0.29) is 5.54 Å². The third-order valence-electron chi connectivity index (χ3n) is 2.72. The molecule has 1 rings (SSSR count). The van der Waals surface area contributed by atoms with Crippen molar-refractivity contribution in [3.8, 4) is 0 Å². The number of rotatable bonds is 4. The highest BCUT2D eigenvalue weighted by molar-refractivity contribution is 5.79. The van der Waals surface area contributed by atoms with Crippen molar-refractivity contribution in [2.75, 3.05) is 33.5 Å². The molecule has 16 heavy (non-hydrogen) atoms. The van der Waals surface area contributed by atoms with Crippen molar-refractivity contribution in [2.24, 2.45) is 10.8 Å². The maximum atomic E-state index is 5.42. The summed E-state index contributed by atoms with van der Waals surface area (Å²) in [6.07, 6.45) is 1.91. The molecule has 6 nitrogen and oxygen atoms in total. The molecule has 0 bridgehead atoms. The molecule has 0 aromatic carbocycles. The third kappa shape index (κ3) is 4.34. The summed E-state index contributed by atoms with van der Waals surface area (Å²) in [6.45, 7) is 4.89. The summed E-state index contributed by atoms with van der Waals surface area (Å²) in [5.41, 5.74) is 2.59. The lowest BCUT2D eigenvalue weighted by Gasteiger charge is -2.35. The minimum absolute atomic E-state index is 0.0104. The fraction of sp³-hybridized carbons (Fsp3) is 0.900. The Kier molecular flexibility index (Phi) is 5.51. The molecule has 1 aliphatic rings. The van der Waals surface area contributed by atoms with Crippen molar-refractivity contribution >= 4 is 5.96 Å². The Morgan fingerprint density at radius 2 is 2.19 bits per heavy atom. The molecule has 0 spiro atoms. The van der Waals surface area contributed by atoms with Crippen LogP contribution in [0.25, 0.3) is 0 Å². The number of nitrogens with one attached hydrogen (secondary N) is 2. The first-order chi connectivity index (χ1) is 7.70. The summed E-state index contributed by atoms with van der Waals surface area (Å²) in [7, 11) is 1.65. The van der Waals surface area contributed by atoms with E-state index < -0.39 is 0 Å². The van der Waals surface area contributed by atoms with E-state index in [2.05, 4.69) is 22.7 Å². The molecule has 0 aromatic heterocycles. The zero-order valence-corrected chi connectivity index (χ0v) is 10.1. The quantitative estimate of drug-likeness (QED) is 0.201. The standard InChI is InChI=1S/C10H22N4O2/c1-10(3-6-16-7-4-10)13-9(14-11)12-5-8-15-2/h3-8,11H2,1-2H3,(H2,12,13,14). The van der Waals surface area contributed by atoms with Crippen molar-refractivity contribution in [2.45, 2.75) is 25.3 Å². The number of nitrogens with two attached hydrogens (primary N) is 1. The highest BCUT2D eigenvalue weighted by Crippen LogP contribution is 2.19. The lowest BCUT2D eigenvalue weighted by molar-refractivity contribution is 0.0521. The second-order valence-electron chi connectivity index (χ2n) is 4.17. The van der Waals surface area contributed by atoms with Gasteiger partial charge in [0, 0.05) is 25.9 Å². The van der Waals surface area contributed by atoms with Gasteiger partial charge < -0.3 is 14.8 Å². The summed E-state index contributed by atoms with van der Waals surface area (Å²) in [5.74, 6) is 6.03. The highest BCUT2D eigenvalue weighted by atomic mass is 16.5. The maximum absolute atomic E-state index is 5.42. The van der Waals surface area contributed by atoms with Gasteiger partial charge in [-0.25, -0.2) is 10.8 Å². The van der Waals surface area contributed by atoms with Crippen LogP contribution in [-0.2, 0) is 9.47 Å². The molecule has 0 amide bonds. The van der Waals surface area contributed by atoms with E-state index in [1.807, 2.05) is 0 Å². The van der Waals surface area contributed by atoms with Crippen LogP contribution in [0.5, 0.6) is 0 Å². The molecule has 0 atom stereocenters. The van der Waals surface area contributed by atoms with Crippen molar-refractivity contribution in [1.29, 1.82) is 0 Å². The number of methoxy groups -OCH3 is 1. The smallest absolute Gasteiger partial charge is 0.206 e. The van der Waals surface area contributed by atoms with E-state index in [0.717, 1.165) is 26.1 Å². The number of ether oxygens (including phenoxy) is 2. The normalized spacial score (nSPS) is 20.6. The summed E-state index contributed by atoms with van der Waals surface area (Å²) in [4.78, 5) is 4.27. The van der Waals surface area contributed by atoms with E-state index in [0.29, 0.717) is 19.1 Å². The molecule has 6 heteroatoms. The molecule has 1 saturated heterocycles. The second-order valence-corrected chi connectivity index (χ2v) is 4.17. The number of hydrogen-bond donors (Lipinski definition) is 3. The molecule has 1 heterocycles. The monoisotopic (exact) mass is 230 g/mol. The lowest BCUT2D eigenvalue weighted by atomic mass is 9.93. The number of guanidine groups is 1. The molecule has 0 unspecified atom stereocenters. The van der Waals surface area contributed by atoms with Crippen molar-refractivity contribution in [1.82, 2.24) is 10.7 Å². The van der Waals surface area contributed by atoms with Gasteiger partial charge >= 0.3 is 0 Å². The number of hydrogen-bond acceptors (Lipinski definition) is 4. The fourth-order valence-electron chi connectivity index (χ4n) is 1.60. The van der Waals surface area contributed by atoms with Gasteiger partial charge in [-0.1, -0.05) is 0 Å². The molecule has 0 aromatic rings. The highest BCUT2D eigenvalue weighted by Gasteiger charge is 2.27. The summed E-state index contributed by atoms with van der Waals surface area (Å²) < 4.78 is 10.3. The van der Waals surface area contributed by atoms with Gasteiger partial charge in [-0.3, -0.25) is 5.43 Å². The summed E-state index contributed by atoms with van der Waals surface area (Å²) in [5, 5.41) is 3.32. The van der Waals surface area contributed by atoms with Crippen LogP contribution in [0.15, 0.2) is 4.99 Å². The van der Waals surface area contributed by atoms with Gasteiger partial charge in [-0.2, -0.15) is 0 Å². The first kappa shape index (κ1) is 13.2. The van der Waals surface area contributed by atoms with Gasteiger partial charge in [0.2, 0.25) is 5.96 Å². The summed E-state index contributed by atoms with van der Waals surface area (Å²) in [6, 6.07) is 0. The van der Waals surface area contributed by atoms with Gasteiger partial charge in [-0.15, -0.1) is 0 Å².